The average molecular weight is 338 g/mol. The van der Waals surface area contributed by atoms with Crippen molar-refractivity contribution in [2.24, 2.45) is 11.8 Å². The van der Waals surface area contributed by atoms with Gasteiger partial charge < -0.3 is 4.74 Å². The van der Waals surface area contributed by atoms with E-state index in [9.17, 15) is 0 Å². The van der Waals surface area contributed by atoms with E-state index >= 15 is 0 Å². The van der Waals surface area contributed by atoms with Gasteiger partial charge in [0.15, 0.2) is 0 Å². The highest BCUT2D eigenvalue weighted by molar-refractivity contribution is 5.58. The molecule has 1 aliphatic carbocycles. The normalized spacial score (nSPS) is 20.4. The van der Waals surface area contributed by atoms with Crippen LogP contribution < -0.4 is 4.74 Å². The minimum absolute atomic E-state index is 0.584. The molecule has 1 aromatic carbocycles. The van der Waals surface area contributed by atoms with Gasteiger partial charge in [0.25, 0.3) is 0 Å². The highest BCUT2D eigenvalue weighted by atomic mass is 16.5. The Morgan fingerprint density at radius 3 is 2.20 bits per heavy atom. The number of aryl methyl sites for hydroxylation is 1. The van der Waals surface area contributed by atoms with Crippen LogP contribution in [0.1, 0.15) is 57.9 Å². The first-order valence-corrected chi connectivity index (χ1v) is 9.84. The summed E-state index contributed by atoms with van der Waals surface area (Å²) in [6.45, 7) is 4.90. The van der Waals surface area contributed by atoms with Gasteiger partial charge in [0, 0.05) is 11.6 Å². The minimum atomic E-state index is 0.584. The SMILES string of the molecule is CCOc1ccc(-c2ccc(CCC3CCC(CC)CC3)cc2)nn1. The molecule has 3 nitrogen and oxygen atoms in total. The lowest BCUT2D eigenvalue weighted by Crippen LogP contribution is -2.14. The number of aromatic nitrogens is 2. The zero-order chi connectivity index (χ0) is 17.5. The molecule has 0 unspecified atom stereocenters. The molecule has 25 heavy (non-hydrogen) atoms. The third kappa shape index (κ3) is 5.04. The molecule has 0 saturated heterocycles. The van der Waals surface area contributed by atoms with E-state index in [0.717, 1.165) is 23.1 Å². The maximum atomic E-state index is 5.35. The van der Waals surface area contributed by atoms with Gasteiger partial charge in [0.1, 0.15) is 0 Å². The first-order chi connectivity index (χ1) is 12.3. The van der Waals surface area contributed by atoms with E-state index in [1.54, 1.807) is 0 Å². The fraction of sp³-hybridized carbons (Fsp3) is 0.545. The molecule has 0 N–H and O–H groups in total. The predicted molar refractivity (Wildman–Crippen MR) is 103 cm³/mol. The zero-order valence-corrected chi connectivity index (χ0v) is 15.6. The van der Waals surface area contributed by atoms with E-state index in [0.29, 0.717) is 12.5 Å². The lowest BCUT2D eigenvalue weighted by Gasteiger charge is -2.27. The van der Waals surface area contributed by atoms with Gasteiger partial charge in [-0.3, -0.25) is 0 Å². The van der Waals surface area contributed by atoms with Gasteiger partial charge in [0.2, 0.25) is 5.88 Å². The van der Waals surface area contributed by atoms with E-state index in [1.807, 2.05) is 19.1 Å². The van der Waals surface area contributed by atoms with Crippen LogP contribution in [0.3, 0.4) is 0 Å². The Hall–Kier alpha value is -1.90. The summed E-state index contributed by atoms with van der Waals surface area (Å²) in [4.78, 5) is 0. The molecule has 3 rings (SSSR count). The van der Waals surface area contributed by atoms with Crippen molar-refractivity contribution in [2.75, 3.05) is 6.61 Å². The molecular weight excluding hydrogens is 308 g/mol. The molecule has 0 aliphatic heterocycles. The minimum Gasteiger partial charge on any atom is -0.477 e. The lowest BCUT2D eigenvalue weighted by molar-refractivity contribution is 0.259. The third-order valence-electron chi connectivity index (χ3n) is 5.57. The van der Waals surface area contributed by atoms with E-state index in [1.165, 1.54) is 50.5 Å². The molecule has 0 spiro atoms. The fourth-order valence-corrected chi connectivity index (χ4v) is 3.84. The first-order valence-electron chi connectivity index (χ1n) is 9.84. The van der Waals surface area contributed by atoms with Crippen molar-refractivity contribution in [1.82, 2.24) is 10.2 Å². The monoisotopic (exact) mass is 338 g/mol. The molecule has 3 heteroatoms. The van der Waals surface area contributed by atoms with Crippen LogP contribution >= 0.6 is 0 Å². The second-order valence-corrected chi connectivity index (χ2v) is 7.22. The maximum Gasteiger partial charge on any atom is 0.233 e. The summed E-state index contributed by atoms with van der Waals surface area (Å²) >= 11 is 0. The van der Waals surface area contributed by atoms with Gasteiger partial charge in [-0.1, -0.05) is 63.3 Å². The highest BCUT2D eigenvalue weighted by Crippen LogP contribution is 2.33. The number of ether oxygens (including phenoxy) is 1. The van der Waals surface area contributed by atoms with Crippen molar-refractivity contribution < 1.29 is 4.74 Å². The molecule has 0 atom stereocenters. The van der Waals surface area contributed by atoms with E-state index < -0.39 is 0 Å². The zero-order valence-electron chi connectivity index (χ0n) is 15.6. The van der Waals surface area contributed by atoms with Gasteiger partial charge in [0.05, 0.1) is 12.3 Å². The molecule has 134 valence electrons. The summed E-state index contributed by atoms with van der Waals surface area (Å²) in [5.41, 5.74) is 3.44. The Morgan fingerprint density at radius 2 is 1.60 bits per heavy atom. The van der Waals surface area contributed by atoms with Gasteiger partial charge >= 0.3 is 0 Å². The summed E-state index contributed by atoms with van der Waals surface area (Å²) in [6.07, 6.45) is 9.63. The lowest BCUT2D eigenvalue weighted by atomic mass is 9.78. The highest BCUT2D eigenvalue weighted by Gasteiger charge is 2.19. The standard InChI is InChI=1S/C22H30N2O/c1-3-17-5-7-18(8-6-17)9-10-19-11-13-20(14-12-19)21-15-16-22(24-23-21)25-4-2/h11-18H,3-10H2,1-2H3. The third-order valence-corrected chi connectivity index (χ3v) is 5.57. The summed E-state index contributed by atoms with van der Waals surface area (Å²) in [7, 11) is 0. The molecule has 0 bridgehead atoms. The Balaban J connectivity index is 1.52. The Bertz CT molecular complexity index is 628. The van der Waals surface area contributed by atoms with Crippen LogP contribution in [0.15, 0.2) is 36.4 Å². The summed E-state index contributed by atoms with van der Waals surface area (Å²) in [5, 5.41) is 8.36. The van der Waals surface area contributed by atoms with Crippen LogP contribution in [0.4, 0.5) is 0 Å². The van der Waals surface area contributed by atoms with Crippen molar-refractivity contribution in [2.45, 2.75) is 58.8 Å². The van der Waals surface area contributed by atoms with E-state index in [2.05, 4.69) is 41.4 Å². The molecule has 1 saturated carbocycles. The number of rotatable bonds is 7. The second kappa shape index (κ2) is 8.98. The Kier molecular flexibility index (Phi) is 6.43. The van der Waals surface area contributed by atoms with Crippen molar-refractivity contribution >= 4 is 0 Å². The summed E-state index contributed by atoms with van der Waals surface area (Å²) < 4.78 is 5.35. The van der Waals surface area contributed by atoms with Gasteiger partial charge in [-0.15, -0.1) is 10.2 Å². The van der Waals surface area contributed by atoms with Crippen LogP contribution in [-0.4, -0.2) is 16.8 Å². The molecule has 1 heterocycles. The average Bonchev–Trinajstić information content (AvgIpc) is 2.68. The summed E-state index contributed by atoms with van der Waals surface area (Å²) in [6, 6.07) is 12.7. The van der Waals surface area contributed by atoms with Crippen LogP contribution in [0.5, 0.6) is 5.88 Å². The summed E-state index contributed by atoms with van der Waals surface area (Å²) in [5.74, 6) is 2.51. The van der Waals surface area contributed by atoms with Gasteiger partial charge in [-0.2, -0.15) is 0 Å². The second-order valence-electron chi connectivity index (χ2n) is 7.22. The number of benzene rings is 1. The Labute approximate surface area is 151 Å². The van der Waals surface area contributed by atoms with Crippen LogP contribution in [0.25, 0.3) is 11.3 Å². The largest absolute Gasteiger partial charge is 0.477 e. The molecule has 1 aromatic heterocycles. The number of hydrogen-bond donors (Lipinski definition) is 0. The predicted octanol–water partition coefficient (Wildman–Crippen LogP) is 5.69. The van der Waals surface area contributed by atoms with Crippen molar-refractivity contribution in [1.29, 1.82) is 0 Å². The van der Waals surface area contributed by atoms with Gasteiger partial charge in [-0.05, 0) is 43.2 Å². The smallest absolute Gasteiger partial charge is 0.233 e. The first kappa shape index (κ1) is 17.9. The van der Waals surface area contributed by atoms with Crippen LogP contribution in [0.2, 0.25) is 0 Å². The van der Waals surface area contributed by atoms with Gasteiger partial charge in [-0.25, -0.2) is 0 Å². The quantitative estimate of drug-likeness (QED) is 0.650. The van der Waals surface area contributed by atoms with Crippen LogP contribution in [-0.2, 0) is 6.42 Å². The number of nitrogens with zero attached hydrogens (tertiary/aromatic N) is 2. The molecular formula is C22H30N2O. The van der Waals surface area contributed by atoms with E-state index in [-0.39, 0.29) is 0 Å². The van der Waals surface area contributed by atoms with Crippen molar-refractivity contribution in [3.63, 3.8) is 0 Å². The molecule has 2 aromatic rings. The number of hydrogen-bond acceptors (Lipinski definition) is 3. The van der Waals surface area contributed by atoms with E-state index in [4.69, 9.17) is 4.74 Å². The fourth-order valence-electron chi connectivity index (χ4n) is 3.84. The maximum absolute atomic E-state index is 5.35. The topological polar surface area (TPSA) is 35.0 Å². The van der Waals surface area contributed by atoms with Crippen LogP contribution in [0, 0.1) is 11.8 Å². The van der Waals surface area contributed by atoms with Crippen molar-refractivity contribution in [3.8, 4) is 17.1 Å². The Morgan fingerprint density at radius 1 is 0.880 bits per heavy atom. The molecule has 0 radical (unpaired) electrons. The molecule has 1 aliphatic rings. The molecule has 1 fully saturated rings. The van der Waals surface area contributed by atoms with Crippen molar-refractivity contribution in [3.05, 3.63) is 42.0 Å². The molecule has 0 amide bonds.